The van der Waals surface area contributed by atoms with Crippen LogP contribution in [0.3, 0.4) is 0 Å². The van der Waals surface area contributed by atoms with E-state index in [1.165, 1.54) is 6.07 Å². The third-order valence-electron chi connectivity index (χ3n) is 2.58. The van der Waals surface area contributed by atoms with Crippen molar-refractivity contribution in [3.05, 3.63) is 46.2 Å². The van der Waals surface area contributed by atoms with Crippen molar-refractivity contribution in [3.63, 3.8) is 0 Å². The molecule has 2 rings (SSSR count). The van der Waals surface area contributed by atoms with Crippen LogP contribution in [0.25, 0.3) is 0 Å². The summed E-state index contributed by atoms with van der Waals surface area (Å²) in [7, 11) is 0. The van der Waals surface area contributed by atoms with E-state index < -0.39 is 5.97 Å². The molecule has 0 spiro atoms. The Kier molecular flexibility index (Phi) is 4.21. The van der Waals surface area contributed by atoms with Gasteiger partial charge in [0.05, 0.1) is 6.20 Å². The van der Waals surface area contributed by atoms with Gasteiger partial charge in [-0.05, 0) is 25.1 Å². The molecule has 1 aromatic heterocycles. The second-order valence-electron chi connectivity index (χ2n) is 3.94. The molecule has 0 fully saturated rings. The van der Waals surface area contributed by atoms with Gasteiger partial charge in [-0.15, -0.1) is 0 Å². The van der Waals surface area contributed by atoms with Gasteiger partial charge < -0.3 is 9.84 Å². The lowest BCUT2D eigenvalue weighted by Gasteiger charge is -2.08. The van der Waals surface area contributed by atoms with Crippen LogP contribution >= 0.6 is 15.9 Å². The second-order valence-corrected chi connectivity index (χ2v) is 4.85. The Morgan fingerprint density at radius 3 is 2.95 bits per heavy atom. The molecule has 5 nitrogen and oxygen atoms in total. The van der Waals surface area contributed by atoms with E-state index in [-0.39, 0.29) is 5.56 Å². The van der Waals surface area contributed by atoms with E-state index in [9.17, 15) is 4.79 Å². The van der Waals surface area contributed by atoms with Crippen molar-refractivity contribution in [2.24, 2.45) is 0 Å². The van der Waals surface area contributed by atoms with Gasteiger partial charge in [0.1, 0.15) is 17.9 Å². The Bertz CT molecular complexity index is 595. The molecule has 100 valence electrons. The van der Waals surface area contributed by atoms with Crippen molar-refractivity contribution >= 4 is 21.9 Å². The lowest BCUT2D eigenvalue weighted by atomic mass is 10.2. The first-order chi connectivity index (χ1) is 9.10. The SMILES string of the molecule is CCn1cc(COc2ccc(Br)cc2C(=O)O)cn1. The minimum Gasteiger partial charge on any atom is -0.488 e. The van der Waals surface area contributed by atoms with Gasteiger partial charge in [0.25, 0.3) is 0 Å². The lowest BCUT2D eigenvalue weighted by Crippen LogP contribution is -2.03. The third kappa shape index (κ3) is 3.35. The quantitative estimate of drug-likeness (QED) is 0.918. The summed E-state index contributed by atoms with van der Waals surface area (Å²) in [5.74, 6) is -0.666. The molecule has 1 aromatic carbocycles. The predicted molar refractivity (Wildman–Crippen MR) is 73.3 cm³/mol. The highest BCUT2D eigenvalue weighted by atomic mass is 79.9. The van der Waals surface area contributed by atoms with Crippen LogP contribution in [0.2, 0.25) is 0 Å². The largest absolute Gasteiger partial charge is 0.488 e. The predicted octanol–water partition coefficient (Wildman–Crippen LogP) is 2.94. The zero-order chi connectivity index (χ0) is 13.8. The van der Waals surface area contributed by atoms with E-state index >= 15 is 0 Å². The van der Waals surface area contributed by atoms with Crippen LogP contribution in [0.5, 0.6) is 5.75 Å². The van der Waals surface area contributed by atoms with Crippen LogP contribution in [0.4, 0.5) is 0 Å². The van der Waals surface area contributed by atoms with Crippen molar-refractivity contribution in [2.75, 3.05) is 0 Å². The molecule has 6 heteroatoms. The van der Waals surface area contributed by atoms with Crippen LogP contribution in [-0.4, -0.2) is 20.9 Å². The fourth-order valence-electron chi connectivity index (χ4n) is 1.61. The molecular formula is C13H13BrN2O3. The number of carboxylic acid groups (broad SMARTS) is 1. The Balaban J connectivity index is 2.12. The first-order valence-corrected chi connectivity index (χ1v) is 6.56. The number of nitrogens with zero attached hydrogens (tertiary/aromatic N) is 2. The normalized spacial score (nSPS) is 10.4. The molecule has 0 aliphatic heterocycles. The standard InChI is InChI=1S/C13H13BrN2O3/c1-2-16-7-9(6-15-16)8-19-12-4-3-10(14)5-11(12)13(17)18/h3-7H,2,8H2,1H3,(H,17,18). The topological polar surface area (TPSA) is 64.3 Å². The average Bonchev–Trinajstić information content (AvgIpc) is 2.85. The number of hydrogen-bond acceptors (Lipinski definition) is 3. The second kappa shape index (κ2) is 5.88. The zero-order valence-corrected chi connectivity index (χ0v) is 11.9. The van der Waals surface area contributed by atoms with Gasteiger partial charge in [0, 0.05) is 22.8 Å². The zero-order valence-electron chi connectivity index (χ0n) is 10.3. The number of halogens is 1. The Hall–Kier alpha value is -1.82. The monoisotopic (exact) mass is 324 g/mol. The molecule has 0 radical (unpaired) electrons. The van der Waals surface area contributed by atoms with Crippen LogP contribution in [0, 0.1) is 0 Å². The average molecular weight is 325 g/mol. The molecule has 0 bridgehead atoms. The molecular weight excluding hydrogens is 312 g/mol. The van der Waals surface area contributed by atoms with Crippen molar-refractivity contribution in [2.45, 2.75) is 20.1 Å². The third-order valence-corrected chi connectivity index (χ3v) is 3.07. The maximum atomic E-state index is 11.1. The summed E-state index contributed by atoms with van der Waals surface area (Å²) in [5.41, 5.74) is 1.04. The Labute approximate surface area is 118 Å². The number of hydrogen-bond donors (Lipinski definition) is 1. The molecule has 1 heterocycles. The van der Waals surface area contributed by atoms with Gasteiger partial charge in [-0.3, -0.25) is 4.68 Å². The number of aryl methyl sites for hydroxylation is 1. The number of benzene rings is 1. The Morgan fingerprint density at radius 1 is 1.53 bits per heavy atom. The molecule has 0 aliphatic carbocycles. The summed E-state index contributed by atoms with van der Waals surface area (Å²) >= 11 is 3.24. The fourth-order valence-corrected chi connectivity index (χ4v) is 1.97. The summed E-state index contributed by atoms with van der Waals surface area (Å²) in [6.45, 7) is 3.08. The van der Waals surface area contributed by atoms with Crippen LogP contribution in [0.15, 0.2) is 35.1 Å². The molecule has 0 amide bonds. The summed E-state index contributed by atoms with van der Waals surface area (Å²) < 4.78 is 8.04. The lowest BCUT2D eigenvalue weighted by molar-refractivity contribution is 0.0691. The van der Waals surface area contributed by atoms with Gasteiger partial charge in [-0.25, -0.2) is 4.79 Å². The number of ether oxygens (including phenoxy) is 1. The van der Waals surface area contributed by atoms with E-state index in [1.54, 1.807) is 23.0 Å². The van der Waals surface area contributed by atoms with Crippen LogP contribution in [0.1, 0.15) is 22.8 Å². The summed E-state index contributed by atoms with van der Waals surface area (Å²) in [4.78, 5) is 11.1. The van der Waals surface area contributed by atoms with Crippen LogP contribution in [-0.2, 0) is 13.2 Å². The van der Waals surface area contributed by atoms with E-state index in [4.69, 9.17) is 9.84 Å². The van der Waals surface area contributed by atoms with E-state index in [0.717, 1.165) is 12.1 Å². The van der Waals surface area contributed by atoms with Crippen molar-refractivity contribution in [3.8, 4) is 5.75 Å². The molecule has 19 heavy (non-hydrogen) atoms. The number of rotatable bonds is 5. The molecule has 0 aliphatic rings. The highest BCUT2D eigenvalue weighted by Crippen LogP contribution is 2.24. The Morgan fingerprint density at radius 2 is 2.32 bits per heavy atom. The molecule has 0 atom stereocenters. The number of carbonyl (C=O) groups is 1. The maximum Gasteiger partial charge on any atom is 0.339 e. The summed E-state index contributed by atoms with van der Waals surface area (Å²) in [6, 6.07) is 4.90. The first-order valence-electron chi connectivity index (χ1n) is 5.77. The van der Waals surface area contributed by atoms with E-state index in [1.807, 2.05) is 13.1 Å². The highest BCUT2D eigenvalue weighted by Gasteiger charge is 2.12. The minimum atomic E-state index is -1.01. The van der Waals surface area contributed by atoms with E-state index in [2.05, 4.69) is 21.0 Å². The molecule has 2 aromatic rings. The fraction of sp³-hybridized carbons (Fsp3) is 0.231. The smallest absolute Gasteiger partial charge is 0.339 e. The van der Waals surface area contributed by atoms with E-state index in [0.29, 0.717) is 16.8 Å². The van der Waals surface area contributed by atoms with Gasteiger partial charge in [0.15, 0.2) is 0 Å². The van der Waals surface area contributed by atoms with Gasteiger partial charge in [0.2, 0.25) is 0 Å². The van der Waals surface area contributed by atoms with Gasteiger partial charge >= 0.3 is 5.97 Å². The molecule has 1 N–H and O–H groups in total. The summed E-state index contributed by atoms with van der Waals surface area (Å²) in [5, 5.41) is 13.2. The first kappa shape index (κ1) is 13.6. The number of aromatic carboxylic acids is 1. The minimum absolute atomic E-state index is 0.136. The van der Waals surface area contributed by atoms with Crippen molar-refractivity contribution in [1.29, 1.82) is 0 Å². The molecule has 0 unspecified atom stereocenters. The van der Waals surface area contributed by atoms with Gasteiger partial charge in [-0.1, -0.05) is 15.9 Å². The highest BCUT2D eigenvalue weighted by molar-refractivity contribution is 9.10. The maximum absolute atomic E-state index is 11.1. The van der Waals surface area contributed by atoms with Crippen LogP contribution < -0.4 is 4.74 Å². The number of carboxylic acids is 1. The summed E-state index contributed by atoms with van der Waals surface area (Å²) in [6.07, 6.45) is 3.59. The van der Waals surface area contributed by atoms with Gasteiger partial charge in [-0.2, -0.15) is 5.10 Å². The number of aromatic nitrogens is 2. The molecule has 0 saturated heterocycles. The van der Waals surface area contributed by atoms with Crippen molar-refractivity contribution in [1.82, 2.24) is 9.78 Å². The molecule has 0 saturated carbocycles. The van der Waals surface area contributed by atoms with Crippen molar-refractivity contribution < 1.29 is 14.6 Å².